The summed E-state index contributed by atoms with van der Waals surface area (Å²) in [6.45, 7) is 2.09. The first-order valence-corrected chi connectivity index (χ1v) is 8.88. The molecule has 4 rings (SSSR count). The molecule has 3 aromatic rings. The summed E-state index contributed by atoms with van der Waals surface area (Å²) >= 11 is 12.2. The lowest BCUT2D eigenvalue weighted by Crippen LogP contribution is -1.96. The van der Waals surface area contributed by atoms with Crippen LogP contribution in [0.15, 0.2) is 66.7 Å². The van der Waals surface area contributed by atoms with Crippen molar-refractivity contribution in [2.75, 3.05) is 0 Å². The highest BCUT2D eigenvalue weighted by Crippen LogP contribution is 2.40. The zero-order valence-corrected chi connectivity index (χ0v) is 15.2. The first kappa shape index (κ1) is 16.3. The number of halogens is 2. The van der Waals surface area contributed by atoms with Gasteiger partial charge in [-0.1, -0.05) is 59.1 Å². The third-order valence-corrected chi connectivity index (χ3v) is 4.88. The standard InChI is InChI=1S/C22H16Cl2O/c1-14-2-4-15(5-3-14)20-12-16-6-7-18(24)13-21(16)22(20)25-19-10-8-17(23)9-11-19/h2-11,13H,12H2,1H3. The van der Waals surface area contributed by atoms with Gasteiger partial charge in [-0.15, -0.1) is 0 Å². The Morgan fingerprint density at radius 3 is 2.20 bits per heavy atom. The van der Waals surface area contributed by atoms with Gasteiger partial charge in [0.25, 0.3) is 0 Å². The van der Waals surface area contributed by atoms with Gasteiger partial charge in [-0.25, -0.2) is 0 Å². The summed E-state index contributed by atoms with van der Waals surface area (Å²) < 4.78 is 6.27. The van der Waals surface area contributed by atoms with E-state index in [-0.39, 0.29) is 0 Å². The minimum atomic E-state index is 0.690. The van der Waals surface area contributed by atoms with Crippen LogP contribution in [0.1, 0.15) is 22.3 Å². The van der Waals surface area contributed by atoms with Crippen molar-refractivity contribution in [1.29, 1.82) is 0 Å². The molecular formula is C22H16Cl2O. The van der Waals surface area contributed by atoms with Gasteiger partial charge in [0.2, 0.25) is 0 Å². The number of hydrogen-bond donors (Lipinski definition) is 0. The maximum atomic E-state index is 6.27. The topological polar surface area (TPSA) is 9.23 Å². The molecule has 0 saturated heterocycles. The van der Waals surface area contributed by atoms with Gasteiger partial charge < -0.3 is 4.74 Å². The number of hydrogen-bond acceptors (Lipinski definition) is 1. The maximum Gasteiger partial charge on any atom is 0.139 e. The van der Waals surface area contributed by atoms with Crippen LogP contribution in [0.5, 0.6) is 5.75 Å². The van der Waals surface area contributed by atoms with Crippen LogP contribution in [-0.4, -0.2) is 0 Å². The zero-order chi connectivity index (χ0) is 17.4. The number of ether oxygens (including phenoxy) is 1. The van der Waals surface area contributed by atoms with Crippen molar-refractivity contribution in [3.8, 4) is 5.75 Å². The molecule has 0 amide bonds. The highest BCUT2D eigenvalue weighted by Gasteiger charge is 2.25. The number of rotatable bonds is 3. The van der Waals surface area contributed by atoms with Crippen LogP contribution in [0, 0.1) is 6.92 Å². The van der Waals surface area contributed by atoms with E-state index in [1.807, 2.05) is 36.4 Å². The SMILES string of the molecule is Cc1ccc(C2=C(Oc3ccc(Cl)cc3)c3cc(Cl)ccc3C2)cc1. The van der Waals surface area contributed by atoms with Crippen LogP contribution in [0.4, 0.5) is 0 Å². The summed E-state index contributed by atoms with van der Waals surface area (Å²) in [7, 11) is 0. The molecular weight excluding hydrogens is 351 g/mol. The third-order valence-electron chi connectivity index (χ3n) is 4.39. The second kappa shape index (κ2) is 6.59. The van der Waals surface area contributed by atoms with Gasteiger partial charge in [0.1, 0.15) is 11.5 Å². The summed E-state index contributed by atoms with van der Waals surface area (Å²) in [5.74, 6) is 1.63. The normalized spacial score (nSPS) is 13.1. The van der Waals surface area contributed by atoms with E-state index in [2.05, 4.69) is 37.3 Å². The van der Waals surface area contributed by atoms with Crippen LogP contribution in [0.25, 0.3) is 11.3 Å². The van der Waals surface area contributed by atoms with Crippen molar-refractivity contribution in [2.45, 2.75) is 13.3 Å². The number of allylic oxidation sites excluding steroid dienone is 1. The Hall–Kier alpha value is -2.22. The van der Waals surface area contributed by atoms with Gasteiger partial charge in [-0.05, 0) is 54.4 Å². The van der Waals surface area contributed by atoms with Gasteiger partial charge in [-0.2, -0.15) is 0 Å². The van der Waals surface area contributed by atoms with Gasteiger partial charge in [0, 0.05) is 27.6 Å². The van der Waals surface area contributed by atoms with E-state index < -0.39 is 0 Å². The largest absolute Gasteiger partial charge is 0.456 e. The second-order valence-electron chi connectivity index (χ2n) is 6.21. The molecule has 25 heavy (non-hydrogen) atoms. The summed E-state index contributed by atoms with van der Waals surface area (Å²) in [5.41, 5.74) is 5.86. The smallest absolute Gasteiger partial charge is 0.139 e. The molecule has 0 N–H and O–H groups in total. The molecule has 3 heteroatoms. The first-order chi connectivity index (χ1) is 12.1. The molecule has 1 aliphatic rings. The van der Waals surface area contributed by atoms with Crippen molar-refractivity contribution in [1.82, 2.24) is 0 Å². The minimum absolute atomic E-state index is 0.690. The Labute approximate surface area is 157 Å². The van der Waals surface area contributed by atoms with Crippen LogP contribution in [-0.2, 0) is 6.42 Å². The molecule has 0 saturated carbocycles. The maximum absolute atomic E-state index is 6.27. The van der Waals surface area contributed by atoms with E-state index in [4.69, 9.17) is 27.9 Å². The van der Waals surface area contributed by atoms with Gasteiger partial charge >= 0.3 is 0 Å². The number of benzene rings is 3. The number of fused-ring (bicyclic) bond motifs is 1. The van der Waals surface area contributed by atoms with E-state index in [0.717, 1.165) is 23.5 Å². The summed E-state index contributed by atoms with van der Waals surface area (Å²) in [6.07, 6.45) is 0.832. The van der Waals surface area contributed by atoms with Crippen LogP contribution >= 0.6 is 23.2 Å². The van der Waals surface area contributed by atoms with Crippen LogP contribution in [0.3, 0.4) is 0 Å². The van der Waals surface area contributed by atoms with Crippen LogP contribution < -0.4 is 4.74 Å². The molecule has 0 spiro atoms. The van der Waals surface area contributed by atoms with Crippen molar-refractivity contribution in [3.05, 3.63) is 99.0 Å². The third kappa shape index (κ3) is 3.30. The van der Waals surface area contributed by atoms with Crippen LogP contribution in [0.2, 0.25) is 10.0 Å². The van der Waals surface area contributed by atoms with E-state index in [1.165, 1.54) is 22.3 Å². The second-order valence-corrected chi connectivity index (χ2v) is 7.08. The van der Waals surface area contributed by atoms with Crippen molar-refractivity contribution in [2.24, 2.45) is 0 Å². The Morgan fingerprint density at radius 2 is 1.48 bits per heavy atom. The fraction of sp³-hybridized carbons (Fsp3) is 0.0909. The molecule has 0 fully saturated rings. The molecule has 1 aliphatic carbocycles. The Morgan fingerprint density at radius 1 is 0.800 bits per heavy atom. The van der Waals surface area contributed by atoms with Gasteiger partial charge in [-0.3, -0.25) is 0 Å². The fourth-order valence-electron chi connectivity index (χ4n) is 3.07. The van der Waals surface area contributed by atoms with E-state index in [1.54, 1.807) is 0 Å². The van der Waals surface area contributed by atoms with Gasteiger partial charge in [0.05, 0.1) is 0 Å². The summed E-state index contributed by atoms with van der Waals surface area (Å²) in [6, 6.07) is 21.9. The quantitative estimate of drug-likeness (QED) is 0.494. The molecule has 0 bridgehead atoms. The van der Waals surface area contributed by atoms with Crippen molar-refractivity contribution < 1.29 is 4.74 Å². The molecule has 3 aromatic carbocycles. The van der Waals surface area contributed by atoms with Crippen molar-refractivity contribution >= 4 is 34.5 Å². The molecule has 0 aromatic heterocycles. The Balaban J connectivity index is 1.82. The molecule has 124 valence electrons. The Bertz CT molecular complexity index is 954. The molecule has 0 atom stereocenters. The predicted molar refractivity (Wildman–Crippen MR) is 105 cm³/mol. The minimum Gasteiger partial charge on any atom is -0.456 e. The van der Waals surface area contributed by atoms with Crippen molar-refractivity contribution in [3.63, 3.8) is 0 Å². The fourth-order valence-corrected chi connectivity index (χ4v) is 3.37. The number of aryl methyl sites for hydroxylation is 1. The molecule has 0 radical (unpaired) electrons. The average molecular weight is 367 g/mol. The molecule has 0 unspecified atom stereocenters. The summed E-state index contributed by atoms with van der Waals surface area (Å²) in [4.78, 5) is 0. The lowest BCUT2D eigenvalue weighted by Gasteiger charge is -2.12. The van der Waals surface area contributed by atoms with E-state index >= 15 is 0 Å². The lowest BCUT2D eigenvalue weighted by molar-refractivity contribution is 0.518. The zero-order valence-electron chi connectivity index (χ0n) is 13.7. The summed E-state index contributed by atoms with van der Waals surface area (Å²) in [5, 5.41) is 1.40. The van der Waals surface area contributed by atoms with Gasteiger partial charge in [0.15, 0.2) is 0 Å². The lowest BCUT2D eigenvalue weighted by atomic mass is 10.0. The average Bonchev–Trinajstić information content (AvgIpc) is 2.95. The molecule has 0 heterocycles. The predicted octanol–water partition coefficient (Wildman–Crippen LogP) is 6.81. The highest BCUT2D eigenvalue weighted by molar-refractivity contribution is 6.31. The Kier molecular flexibility index (Phi) is 4.29. The molecule has 1 nitrogen and oxygen atoms in total. The van der Waals surface area contributed by atoms with E-state index in [0.29, 0.717) is 10.0 Å². The monoisotopic (exact) mass is 366 g/mol. The first-order valence-electron chi connectivity index (χ1n) is 8.12. The van der Waals surface area contributed by atoms with E-state index in [9.17, 15) is 0 Å². The molecule has 0 aliphatic heterocycles. The highest BCUT2D eigenvalue weighted by atomic mass is 35.5.